The molecule has 2 aliphatic heterocycles. The molecule has 3 heterocycles. The summed E-state index contributed by atoms with van der Waals surface area (Å²) in [4.78, 5) is 30.8. The van der Waals surface area contributed by atoms with Gasteiger partial charge in [-0.25, -0.2) is 9.78 Å². The number of anilines is 2. The van der Waals surface area contributed by atoms with E-state index in [-0.39, 0.29) is 12.5 Å². The smallest absolute Gasteiger partial charge is 0.497 e. The number of hydrogen-bond donors (Lipinski definition) is 1. The van der Waals surface area contributed by atoms with Crippen molar-refractivity contribution in [1.82, 2.24) is 4.98 Å². The zero-order valence-electron chi connectivity index (χ0n) is 16.8. The third kappa shape index (κ3) is 3.83. The van der Waals surface area contributed by atoms with E-state index in [1.54, 1.807) is 43.6 Å². The molecule has 0 atom stereocenters. The summed E-state index contributed by atoms with van der Waals surface area (Å²) in [5, 5.41) is 2.89. The van der Waals surface area contributed by atoms with Crippen molar-refractivity contribution in [3.05, 3.63) is 42.1 Å². The summed E-state index contributed by atoms with van der Waals surface area (Å²) in [5.41, 5.74) is 0.415. The summed E-state index contributed by atoms with van der Waals surface area (Å²) in [6.45, 7) is 1.46. The van der Waals surface area contributed by atoms with Gasteiger partial charge in [-0.15, -0.1) is 0 Å². The van der Waals surface area contributed by atoms with Crippen LogP contribution in [0.3, 0.4) is 0 Å². The van der Waals surface area contributed by atoms with Gasteiger partial charge in [-0.1, -0.05) is 0 Å². The Labute approximate surface area is 173 Å². The summed E-state index contributed by atoms with van der Waals surface area (Å²) < 4.78 is 20.9. The molecular formula is C21H23N3O6. The molecule has 2 aliphatic rings. The molecule has 9 heteroatoms. The number of hydrogen-bond acceptors (Lipinski definition) is 8. The van der Waals surface area contributed by atoms with Crippen LogP contribution < -0.4 is 19.7 Å². The van der Waals surface area contributed by atoms with Crippen LogP contribution in [0.5, 0.6) is 11.5 Å². The number of piperidine rings is 1. The molecule has 0 saturated carbocycles. The van der Waals surface area contributed by atoms with E-state index in [2.05, 4.69) is 10.3 Å². The minimum atomic E-state index is -0.616. The predicted molar refractivity (Wildman–Crippen MR) is 108 cm³/mol. The molecule has 158 valence electrons. The van der Waals surface area contributed by atoms with E-state index in [9.17, 15) is 9.59 Å². The normalized spacial score (nSPS) is 17.3. The van der Waals surface area contributed by atoms with Gasteiger partial charge in [-0.3, -0.25) is 4.79 Å². The number of nitrogens with zero attached hydrogens (tertiary/aromatic N) is 2. The van der Waals surface area contributed by atoms with E-state index in [1.807, 2.05) is 4.90 Å². The Balaban J connectivity index is 1.51. The van der Waals surface area contributed by atoms with Gasteiger partial charge >= 0.3 is 6.16 Å². The minimum Gasteiger partial charge on any atom is -0.497 e. The molecule has 0 bridgehead atoms. The number of carbonyl (C=O) groups excluding carboxylic acids is 2. The average Bonchev–Trinajstić information content (AvgIpc) is 3.14. The molecule has 0 unspecified atom stereocenters. The largest absolute Gasteiger partial charge is 0.509 e. The van der Waals surface area contributed by atoms with Crippen molar-refractivity contribution in [3.63, 3.8) is 0 Å². The van der Waals surface area contributed by atoms with Crippen molar-refractivity contribution in [3.8, 4) is 11.5 Å². The highest BCUT2D eigenvalue weighted by Gasteiger charge is 2.45. The summed E-state index contributed by atoms with van der Waals surface area (Å²) in [6.07, 6.45) is 2.27. The van der Waals surface area contributed by atoms with Gasteiger partial charge in [0.2, 0.25) is 0 Å². The molecule has 1 amide bonds. The fourth-order valence-electron chi connectivity index (χ4n) is 3.72. The highest BCUT2D eigenvalue weighted by molar-refractivity contribution is 6.08. The van der Waals surface area contributed by atoms with Crippen LogP contribution >= 0.6 is 0 Å². The molecule has 1 N–H and O–H groups in total. The van der Waals surface area contributed by atoms with Crippen LogP contribution in [-0.4, -0.2) is 56.6 Å². The maximum absolute atomic E-state index is 13.0. The monoisotopic (exact) mass is 413 g/mol. The van der Waals surface area contributed by atoms with Gasteiger partial charge in [-0.2, -0.15) is 0 Å². The summed E-state index contributed by atoms with van der Waals surface area (Å²) in [5.74, 6) is 1.42. The van der Waals surface area contributed by atoms with Gasteiger partial charge in [0, 0.05) is 38.2 Å². The second-order valence-corrected chi connectivity index (χ2v) is 7.21. The summed E-state index contributed by atoms with van der Waals surface area (Å²) >= 11 is 0. The summed E-state index contributed by atoms with van der Waals surface area (Å²) in [6, 6.07) is 8.63. The van der Waals surface area contributed by atoms with Gasteiger partial charge in [0.05, 0.1) is 25.5 Å². The van der Waals surface area contributed by atoms with Crippen LogP contribution in [0.1, 0.15) is 23.2 Å². The van der Waals surface area contributed by atoms with E-state index in [0.717, 1.165) is 0 Å². The average molecular weight is 413 g/mol. The molecule has 9 nitrogen and oxygen atoms in total. The number of nitrogens with one attached hydrogen (secondary N) is 1. The Morgan fingerprint density at radius 3 is 2.67 bits per heavy atom. The van der Waals surface area contributed by atoms with Crippen LogP contribution in [0.15, 0.2) is 36.5 Å². The maximum Gasteiger partial charge on any atom is 0.509 e. The lowest BCUT2D eigenvalue weighted by Crippen LogP contribution is -2.46. The fourth-order valence-corrected chi connectivity index (χ4v) is 3.72. The Morgan fingerprint density at radius 1 is 1.20 bits per heavy atom. The number of rotatable bonds is 5. The van der Waals surface area contributed by atoms with Crippen molar-refractivity contribution in [2.24, 2.45) is 0 Å². The zero-order valence-corrected chi connectivity index (χ0v) is 16.8. The lowest BCUT2D eigenvalue weighted by atomic mass is 9.92. The number of benzene rings is 1. The quantitative estimate of drug-likeness (QED) is 0.747. The minimum absolute atomic E-state index is 0.270. The molecule has 2 aromatic rings. The van der Waals surface area contributed by atoms with Crippen molar-refractivity contribution >= 4 is 23.6 Å². The first-order chi connectivity index (χ1) is 14.5. The molecule has 1 spiro atoms. The zero-order chi connectivity index (χ0) is 21.1. The van der Waals surface area contributed by atoms with Crippen LogP contribution in [0.2, 0.25) is 0 Å². The van der Waals surface area contributed by atoms with Gasteiger partial charge < -0.3 is 29.2 Å². The first-order valence-corrected chi connectivity index (χ1v) is 9.63. The van der Waals surface area contributed by atoms with Crippen LogP contribution in [0.25, 0.3) is 0 Å². The van der Waals surface area contributed by atoms with Gasteiger partial charge in [-0.05, 0) is 24.3 Å². The van der Waals surface area contributed by atoms with Gasteiger partial charge in [0.15, 0.2) is 5.60 Å². The number of methoxy groups -OCH3 is 2. The Hall–Kier alpha value is -3.49. The molecule has 1 aromatic carbocycles. The third-order valence-electron chi connectivity index (χ3n) is 5.42. The van der Waals surface area contributed by atoms with Crippen molar-refractivity contribution in [2.45, 2.75) is 18.4 Å². The van der Waals surface area contributed by atoms with Crippen LogP contribution in [-0.2, 0) is 9.47 Å². The molecular weight excluding hydrogens is 390 g/mol. The topological polar surface area (TPSA) is 99.2 Å². The molecule has 2 saturated heterocycles. The van der Waals surface area contributed by atoms with Crippen molar-refractivity contribution < 1.29 is 28.5 Å². The van der Waals surface area contributed by atoms with Crippen molar-refractivity contribution in [1.29, 1.82) is 0 Å². The second-order valence-electron chi connectivity index (χ2n) is 7.21. The fraction of sp³-hybridized carbons (Fsp3) is 0.381. The highest BCUT2D eigenvalue weighted by atomic mass is 16.8. The molecule has 0 radical (unpaired) electrons. The Kier molecular flexibility index (Phi) is 5.35. The van der Waals surface area contributed by atoms with Gasteiger partial charge in [0.1, 0.15) is 23.9 Å². The lowest BCUT2D eigenvalue weighted by Gasteiger charge is -2.37. The second kappa shape index (κ2) is 8.10. The number of ether oxygens (including phenoxy) is 4. The number of amides is 1. The number of cyclic esters (lactones) is 1. The number of pyridine rings is 1. The first kappa shape index (κ1) is 19.8. The maximum atomic E-state index is 13.0. The SMILES string of the molecule is COc1ccc(NC(=O)c2cccnc2N2CCC3(CC2)COC(=O)O3)c(OC)c1. The first-order valence-electron chi connectivity index (χ1n) is 9.63. The van der Waals surface area contributed by atoms with E-state index >= 15 is 0 Å². The van der Waals surface area contributed by atoms with E-state index in [0.29, 0.717) is 54.5 Å². The predicted octanol–water partition coefficient (Wildman–Crippen LogP) is 2.86. The highest BCUT2D eigenvalue weighted by Crippen LogP contribution is 2.34. The van der Waals surface area contributed by atoms with E-state index < -0.39 is 11.8 Å². The number of aromatic nitrogens is 1. The summed E-state index contributed by atoms with van der Waals surface area (Å²) in [7, 11) is 3.10. The Morgan fingerprint density at radius 2 is 2.00 bits per heavy atom. The van der Waals surface area contributed by atoms with Gasteiger partial charge in [0.25, 0.3) is 5.91 Å². The van der Waals surface area contributed by atoms with Crippen LogP contribution in [0.4, 0.5) is 16.3 Å². The number of carbonyl (C=O) groups is 2. The molecule has 2 fully saturated rings. The molecule has 1 aromatic heterocycles. The van der Waals surface area contributed by atoms with E-state index in [4.69, 9.17) is 18.9 Å². The molecule has 0 aliphatic carbocycles. The lowest BCUT2D eigenvalue weighted by molar-refractivity contribution is 0.0365. The van der Waals surface area contributed by atoms with Crippen molar-refractivity contribution in [2.75, 3.05) is 44.1 Å². The third-order valence-corrected chi connectivity index (χ3v) is 5.42. The molecule has 4 rings (SSSR count). The standard InChI is InChI=1S/C21H23N3O6/c1-27-14-5-6-16(17(12-14)28-2)23-19(25)15-4-3-9-22-18(15)24-10-7-21(8-11-24)13-29-20(26)30-21/h3-6,9,12H,7-8,10-11,13H2,1-2H3,(H,23,25). The van der Waals surface area contributed by atoms with Crippen LogP contribution in [0, 0.1) is 0 Å². The van der Waals surface area contributed by atoms with E-state index in [1.165, 1.54) is 7.11 Å². The molecule has 30 heavy (non-hydrogen) atoms. The Bertz CT molecular complexity index is 956.